The van der Waals surface area contributed by atoms with Gasteiger partial charge in [-0.05, 0) is 6.92 Å². The maximum absolute atomic E-state index is 10.7. The zero-order valence-electron chi connectivity index (χ0n) is 8.34. The second-order valence-electron chi connectivity index (χ2n) is 3.00. The van der Waals surface area contributed by atoms with Crippen LogP contribution in [0.25, 0.3) is 0 Å². The summed E-state index contributed by atoms with van der Waals surface area (Å²) in [4.78, 5) is 10.7. The summed E-state index contributed by atoms with van der Waals surface area (Å²) in [6.07, 6.45) is 3.90. The molecule has 0 saturated carbocycles. The number of thiol groups is 1. The Balaban J connectivity index is 2.73. The summed E-state index contributed by atoms with van der Waals surface area (Å²) in [6.45, 7) is 1.57. The molecule has 5 heteroatoms. The fraction of sp³-hybridized carbons (Fsp3) is 0.400. The fourth-order valence-electron chi connectivity index (χ4n) is 0.948. The fourth-order valence-corrected chi connectivity index (χ4v) is 1.06. The first-order chi connectivity index (χ1) is 7.15. The predicted molar refractivity (Wildman–Crippen MR) is 59.9 cm³/mol. The molecule has 0 radical (unpaired) electrons. The Morgan fingerprint density at radius 1 is 1.80 bits per heavy atom. The van der Waals surface area contributed by atoms with E-state index in [1.807, 2.05) is 0 Å². The third-order valence-corrected chi connectivity index (χ3v) is 2.05. The lowest BCUT2D eigenvalue weighted by Crippen LogP contribution is -2.15. The number of nitrogens with zero attached hydrogens (tertiary/aromatic N) is 2. The van der Waals surface area contributed by atoms with Crippen LogP contribution >= 0.6 is 12.6 Å². The van der Waals surface area contributed by atoms with E-state index in [0.29, 0.717) is 12.2 Å². The van der Waals surface area contributed by atoms with Crippen molar-refractivity contribution in [3.8, 4) is 11.8 Å². The van der Waals surface area contributed by atoms with E-state index in [4.69, 9.17) is 5.11 Å². The van der Waals surface area contributed by atoms with Crippen LogP contribution in [0.5, 0.6) is 0 Å². The average Bonchev–Trinajstić information content (AvgIpc) is 2.65. The van der Waals surface area contributed by atoms with E-state index in [1.54, 1.807) is 19.3 Å². The van der Waals surface area contributed by atoms with Gasteiger partial charge in [0.15, 0.2) is 0 Å². The van der Waals surface area contributed by atoms with Crippen LogP contribution in [0, 0.1) is 11.8 Å². The van der Waals surface area contributed by atoms with Crippen molar-refractivity contribution in [1.29, 1.82) is 0 Å². The standard InChI is InChI=1S/C10H12N2O2S/c1-8(10(13)14)12-7-9(6-11-12)4-2-3-5-15/h6-8,15H,3,5H2,1H3,(H,13,14)/t8-/m0/s1. The molecule has 1 aromatic rings. The number of hydrogen-bond donors (Lipinski definition) is 2. The van der Waals surface area contributed by atoms with E-state index in [2.05, 4.69) is 29.6 Å². The molecule has 0 amide bonds. The van der Waals surface area contributed by atoms with Crippen LogP contribution in [0.3, 0.4) is 0 Å². The summed E-state index contributed by atoms with van der Waals surface area (Å²) in [6, 6.07) is -0.662. The second-order valence-corrected chi connectivity index (χ2v) is 3.45. The van der Waals surface area contributed by atoms with Gasteiger partial charge in [-0.3, -0.25) is 4.68 Å². The van der Waals surface area contributed by atoms with Crippen LogP contribution in [0.15, 0.2) is 12.4 Å². The Labute approximate surface area is 93.7 Å². The summed E-state index contributed by atoms with van der Waals surface area (Å²) in [5, 5.41) is 12.7. The molecule has 1 heterocycles. The molecule has 1 N–H and O–H groups in total. The molecule has 0 aromatic carbocycles. The van der Waals surface area contributed by atoms with Crippen molar-refractivity contribution in [3.63, 3.8) is 0 Å². The minimum Gasteiger partial charge on any atom is -0.480 e. The van der Waals surface area contributed by atoms with E-state index < -0.39 is 12.0 Å². The Morgan fingerprint density at radius 3 is 3.13 bits per heavy atom. The van der Waals surface area contributed by atoms with E-state index >= 15 is 0 Å². The molecule has 15 heavy (non-hydrogen) atoms. The molecule has 0 unspecified atom stereocenters. The Hall–Kier alpha value is -1.41. The van der Waals surface area contributed by atoms with Gasteiger partial charge in [0.2, 0.25) is 0 Å². The molecule has 0 aliphatic heterocycles. The lowest BCUT2D eigenvalue weighted by atomic mass is 10.3. The van der Waals surface area contributed by atoms with Gasteiger partial charge in [0.1, 0.15) is 6.04 Å². The van der Waals surface area contributed by atoms with Crippen molar-refractivity contribution in [2.75, 3.05) is 5.75 Å². The highest BCUT2D eigenvalue weighted by molar-refractivity contribution is 7.80. The zero-order valence-corrected chi connectivity index (χ0v) is 9.24. The number of rotatable bonds is 3. The van der Waals surface area contributed by atoms with Gasteiger partial charge in [-0.1, -0.05) is 11.8 Å². The predicted octanol–water partition coefficient (Wildman–Crippen LogP) is 1.20. The molecule has 1 rings (SSSR count). The number of aliphatic carboxylic acids is 1. The Bertz CT molecular complexity index is 403. The molecule has 0 spiro atoms. The number of carboxylic acid groups (broad SMARTS) is 1. The third-order valence-electron chi connectivity index (χ3n) is 1.83. The molecule has 4 nitrogen and oxygen atoms in total. The van der Waals surface area contributed by atoms with Crippen LogP contribution in [0.2, 0.25) is 0 Å². The molecular formula is C10H12N2O2S. The molecule has 1 aromatic heterocycles. The van der Waals surface area contributed by atoms with Crippen LogP contribution in [0.1, 0.15) is 24.9 Å². The molecular weight excluding hydrogens is 212 g/mol. The normalized spacial score (nSPS) is 11.6. The van der Waals surface area contributed by atoms with Gasteiger partial charge in [-0.15, -0.1) is 0 Å². The van der Waals surface area contributed by atoms with Gasteiger partial charge in [0.05, 0.1) is 11.8 Å². The molecule has 1 atom stereocenters. The number of hydrogen-bond acceptors (Lipinski definition) is 3. The van der Waals surface area contributed by atoms with Gasteiger partial charge >= 0.3 is 5.97 Å². The smallest absolute Gasteiger partial charge is 0.328 e. The summed E-state index contributed by atoms with van der Waals surface area (Å²) in [7, 11) is 0. The highest BCUT2D eigenvalue weighted by Crippen LogP contribution is 2.05. The summed E-state index contributed by atoms with van der Waals surface area (Å²) >= 11 is 4.03. The first-order valence-corrected chi connectivity index (χ1v) is 5.15. The van der Waals surface area contributed by atoms with Crippen molar-refractivity contribution in [3.05, 3.63) is 18.0 Å². The minimum absolute atomic E-state index is 0.662. The third kappa shape index (κ3) is 3.33. The van der Waals surface area contributed by atoms with Gasteiger partial charge in [-0.2, -0.15) is 17.7 Å². The van der Waals surface area contributed by atoms with Crippen LogP contribution in [0.4, 0.5) is 0 Å². The van der Waals surface area contributed by atoms with E-state index in [0.717, 1.165) is 5.56 Å². The molecule has 80 valence electrons. The first-order valence-electron chi connectivity index (χ1n) is 4.52. The average molecular weight is 224 g/mol. The number of carbonyl (C=O) groups is 1. The second kappa shape index (κ2) is 5.47. The van der Waals surface area contributed by atoms with E-state index in [1.165, 1.54) is 4.68 Å². The van der Waals surface area contributed by atoms with E-state index in [-0.39, 0.29) is 0 Å². The molecule has 0 bridgehead atoms. The lowest BCUT2D eigenvalue weighted by molar-refractivity contribution is -0.140. The minimum atomic E-state index is -0.909. The summed E-state index contributed by atoms with van der Waals surface area (Å²) < 4.78 is 1.38. The molecule has 0 saturated heterocycles. The topological polar surface area (TPSA) is 55.1 Å². The van der Waals surface area contributed by atoms with Crippen molar-refractivity contribution < 1.29 is 9.90 Å². The molecule has 0 fully saturated rings. The van der Waals surface area contributed by atoms with Crippen LogP contribution < -0.4 is 0 Å². The Morgan fingerprint density at radius 2 is 2.53 bits per heavy atom. The molecule has 0 aliphatic carbocycles. The van der Waals surface area contributed by atoms with E-state index in [9.17, 15) is 4.79 Å². The monoisotopic (exact) mass is 224 g/mol. The van der Waals surface area contributed by atoms with Gasteiger partial charge in [0.25, 0.3) is 0 Å². The van der Waals surface area contributed by atoms with Gasteiger partial charge < -0.3 is 5.11 Å². The highest BCUT2D eigenvalue weighted by Gasteiger charge is 2.13. The molecule has 0 aliphatic rings. The largest absolute Gasteiger partial charge is 0.480 e. The Kier molecular flexibility index (Phi) is 4.25. The zero-order chi connectivity index (χ0) is 11.3. The van der Waals surface area contributed by atoms with Crippen molar-refractivity contribution in [2.45, 2.75) is 19.4 Å². The summed E-state index contributed by atoms with van der Waals surface area (Å²) in [5.41, 5.74) is 0.727. The SMILES string of the molecule is C[C@@H](C(=O)O)n1cc(C#CCCS)cn1. The summed E-state index contributed by atoms with van der Waals surface area (Å²) in [5.74, 6) is 5.60. The lowest BCUT2D eigenvalue weighted by Gasteiger charge is -2.04. The van der Waals surface area contributed by atoms with Gasteiger partial charge in [-0.25, -0.2) is 4.79 Å². The van der Waals surface area contributed by atoms with Crippen molar-refractivity contribution in [1.82, 2.24) is 9.78 Å². The van der Waals surface area contributed by atoms with Crippen LogP contribution in [-0.2, 0) is 4.79 Å². The number of carboxylic acids is 1. The van der Waals surface area contributed by atoms with Crippen molar-refractivity contribution in [2.24, 2.45) is 0 Å². The highest BCUT2D eigenvalue weighted by atomic mass is 32.1. The maximum atomic E-state index is 10.7. The maximum Gasteiger partial charge on any atom is 0.328 e. The first kappa shape index (κ1) is 11.7. The van der Waals surface area contributed by atoms with Crippen LogP contribution in [-0.4, -0.2) is 26.6 Å². The van der Waals surface area contributed by atoms with Crippen molar-refractivity contribution >= 4 is 18.6 Å². The van der Waals surface area contributed by atoms with Gasteiger partial charge in [0, 0.05) is 18.4 Å². The quantitative estimate of drug-likeness (QED) is 0.599. The number of aromatic nitrogens is 2.